The van der Waals surface area contributed by atoms with Crippen LogP contribution in [0, 0.1) is 6.92 Å². The molecular weight excluding hydrogens is 280 g/mol. The average Bonchev–Trinajstić information content (AvgIpc) is 2.85. The zero-order valence-electron chi connectivity index (χ0n) is 11.1. The fourth-order valence-corrected chi connectivity index (χ4v) is 4.08. The predicted octanol–water partition coefficient (Wildman–Crippen LogP) is 2.42. The molecule has 3 nitrogen and oxygen atoms in total. The van der Waals surface area contributed by atoms with Gasteiger partial charge in [-0.15, -0.1) is 23.7 Å². The molecule has 2 bridgehead atoms. The summed E-state index contributed by atoms with van der Waals surface area (Å²) in [5, 5.41) is 6.80. The Hall–Kier alpha value is -0.580. The van der Waals surface area contributed by atoms with Crippen LogP contribution in [0.4, 0.5) is 0 Å². The zero-order valence-corrected chi connectivity index (χ0v) is 12.8. The molecule has 0 aliphatic carbocycles. The number of aryl methyl sites for hydroxylation is 1. The molecule has 0 saturated carbocycles. The van der Waals surface area contributed by atoms with Gasteiger partial charge < -0.3 is 10.6 Å². The number of halogens is 1. The standard InChI is InChI=1S/C14H20N2OS.ClH/c1-9-2-5-13(18-9)8-14(17)16-12-6-10-3-4-11(7-12)15-10;/h2,5,10-12,15H,3-4,6-8H2,1H3,(H,16,17);1H. The van der Waals surface area contributed by atoms with Crippen LogP contribution >= 0.6 is 23.7 Å². The molecule has 106 valence electrons. The van der Waals surface area contributed by atoms with E-state index >= 15 is 0 Å². The van der Waals surface area contributed by atoms with E-state index in [9.17, 15) is 4.79 Å². The summed E-state index contributed by atoms with van der Waals surface area (Å²) in [5.41, 5.74) is 0. The predicted molar refractivity (Wildman–Crippen MR) is 81.1 cm³/mol. The van der Waals surface area contributed by atoms with Gasteiger partial charge in [-0.25, -0.2) is 0 Å². The first kappa shape index (κ1) is 14.8. The van der Waals surface area contributed by atoms with Gasteiger partial charge >= 0.3 is 0 Å². The van der Waals surface area contributed by atoms with Crippen LogP contribution in [-0.2, 0) is 11.2 Å². The maximum atomic E-state index is 12.0. The highest BCUT2D eigenvalue weighted by Crippen LogP contribution is 2.26. The third-order valence-corrected chi connectivity index (χ3v) is 4.97. The van der Waals surface area contributed by atoms with E-state index in [-0.39, 0.29) is 18.3 Å². The number of hydrogen-bond acceptors (Lipinski definition) is 3. The summed E-state index contributed by atoms with van der Waals surface area (Å²) < 4.78 is 0. The van der Waals surface area contributed by atoms with Gasteiger partial charge in [-0.05, 0) is 44.7 Å². The molecule has 1 aromatic rings. The second-order valence-electron chi connectivity index (χ2n) is 5.56. The molecule has 2 unspecified atom stereocenters. The van der Waals surface area contributed by atoms with E-state index in [2.05, 4.69) is 29.7 Å². The molecule has 2 aliphatic heterocycles. The van der Waals surface area contributed by atoms with Crippen molar-refractivity contribution in [1.82, 2.24) is 10.6 Å². The van der Waals surface area contributed by atoms with E-state index in [1.807, 2.05) is 0 Å². The summed E-state index contributed by atoms with van der Waals surface area (Å²) in [6, 6.07) is 5.80. The summed E-state index contributed by atoms with van der Waals surface area (Å²) >= 11 is 1.72. The van der Waals surface area contributed by atoms with Crippen LogP contribution in [0.1, 0.15) is 35.4 Å². The van der Waals surface area contributed by atoms with E-state index in [4.69, 9.17) is 0 Å². The fourth-order valence-electron chi connectivity index (χ4n) is 3.19. The van der Waals surface area contributed by atoms with Gasteiger partial charge in [0.2, 0.25) is 5.91 Å². The van der Waals surface area contributed by atoms with Gasteiger partial charge in [-0.3, -0.25) is 4.79 Å². The first-order valence-corrected chi connectivity index (χ1v) is 7.61. The van der Waals surface area contributed by atoms with Crippen molar-refractivity contribution in [2.75, 3.05) is 0 Å². The summed E-state index contributed by atoms with van der Waals surface area (Å²) in [7, 11) is 0. The molecule has 0 spiro atoms. The smallest absolute Gasteiger partial charge is 0.225 e. The van der Waals surface area contributed by atoms with E-state index < -0.39 is 0 Å². The van der Waals surface area contributed by atoms with E-state index in [0.717, 1.165) is 12.8 Å². The molecule has 2 saturated heterocycles. The topological polar surface area (TPSA) is 41.1 Å². The van der Waals surface area contributed by atoms with Crippen molar-refractivity contribution >= 4 is 29.7 Å². The molecule has 2 fully saturated rings. The maximum absolute atomic E-state index is 12.0. The molecular formula is C14H21ClN2OS. The summed E-state index contributed by atoms with van der Waals surface area (Å²) in [6.45, 7) is 2.08. The number of rotatable bonds is 3. The van der Waals surface area contributed by atoms with Crippen molar-refractivity contribution in [2.45, 2.75) is 57.2 Å². The van der Waals surface area contributed by atoms with Crippen LogP contribution in [0.5, 0.6) is 0 Å². The molecule has 2 aliphatic rings. The van der Waals surface area contributed by atoms with E-state index in [1.165, 1.54) is 22.6 Å². The lowest BCUT2D eigenvalue weighted by Crippen LogP contribution is -2.48. The largest absolute Gasteiger partial charge is 0.353 e. The van der Waals surface area contributed by atoms with E-state index in [1.54, 1.807) is 11.3 Å². The van der Waals surface area contributed by atoms with Crippen molar-refractivity contribution in [3.8, 4) is 0 Å². The Morgan fingerprint density at radius 3 is 2.63 bits per heavy atom. The molecule has 3 rings (SSSR count). The summed E-state index contributed by atoms with van der Waals surface area (Å²) in [4.78, 5) is 14.4. The molecule has 0 radical (unpaired) electrons. The Balaban J connectivity index is 0.00000133. The number of carbonyl (C=O) groups is 1. The highest BCUT2D eigenvalue weighted by atomic mass is 35.5. The van der Waals surface area contributed by atoms with Gasteiger partial charge in [0.25, 0.3) is 0 Å². The highest BCUT2D eigenvalue weighted by molar-refractivity contribution is 7.12. The number of amides is 1. The SMILES string of the molecule is Cc1ccc(CC(=O)NC2CC3CCC(C2)N3)s1.Cl. The van der Waals surface area contributed by atoms with Gasteiger partial charge in [0.05, 0.1) is 6.42 Å². The minimum Gasteiger partial charge on any atom is -0.353 e. The van der Waals surface area contributed by atoms with Gasteiger partial charge in [0.1, 0.15) is 0 Å². The lowest BCUT2D eigenvalue weighted by atomic mass is 10.00. The van der Waals surface area contributed by atoms with Gasteiger partial charge in [0.15, 0.2) is 0 Å². The second-order valence-corrected chi connectivity index (χ2v) is 6.94. The number of thiophene rings is 1. The zero-order chi connectivity index (χ0) is 12.5. The van der Waals surface area contributed by atoms with Crippen LogP contribution in [-0.4, -0.2) is 24.0 Å². The van der Waals surface area contributed by atoms with Crippen molar-refractivity contribution in [3.05, 3.63) is 21.9 Å². The number of fused-ring (bicyclic) bond motifs is 2. The van der Waals surface area contributed by atoms with Crippen LogP contribution in [0.3, 0.4) is 0 Å². The molecule has 3 heterocycles. The number of hydrogen-bond donors (Lipinski definition) is 2. The maximum Gasteiger partial charge on any atom is 0.225 e. The lowest BCUT2D eigenvalue weighted by Gasteiger charge is -2.29. The lowest BCUT2D eigenvalue weighted by molar-refractivity contribution is -0.121. The van der Waals surface area contributed by atoms with Crippen LogP contribution < -0.4 is 10.6 Å². The average molecular weight is 301 g/mol. The molecule has 0 aromatic carbocycles. The Morgan fingerprint density at radius 1 is 1.37 bits per heavy atom. The first-order valence-electron chi connectivity index (χ1n) is 6.80. The third kappa shape index (κ3) is 3.71. The first-order chi connectivity index (χ1) is 8.69. The fraction of sp³-hybridized carbons (Fsp3) is 0.643. The van der Waals surface area contributed by atoms with Gasteiger partial charge in [0, 0.05) is 27.9 Å². The van der Waals surface area contributed by atoms with Gasteiger partial charge in [-0.2, -0.15) is 0 Å². The molecule has 5 heteroatoms. The molecule has 1 amide bonds. The Labute approximate surface area is 124 Å². The van der Waals surface area contributed by atoms with Crippen LogP contribution in [0.15, 0.2) is 12.1 Å². The van der Waals surface area contributed by atoms with Crippen LogP contribution in [0.2, 0.25) is 0 Å². The van der Waals surface area contributed by atoms with Crippen molar-refractivity contribution < 1.29 is 4.79 Å². The van der Waals surface area contributed by atoms with E-state index in [0.29, 0.717) is 24.5 Å². The molecule has 1 aromatic heterocycles. The van der Waals surface area contributed by atoms with Crippen LogP contribution in [0.25, 0.3) is 0 Å². The Bertz CT molecular complexity index is 436. The number of nitrogens with one attached hydrogen (secondary N) is 2. The van der Waals surface area contributed by atoms with Crippen molar-refractivity contribution in [1.29, 1.82) is 0 Å². The Kier molecular flexibility index (Phi) is 4.87. The van der Waals surface area contributed by atoms with Crippen molar-refractivity contribution in [3.63, 3.8) is 0 Å². The quantitative estimate of drug-likeness (QED) is 0.900. The number of piperidine rings is 1. The summed E-state index contributed by atoms with van der Waals surface area (Å²) in [5.74, 6) is 0.183. The molecule has 19 heavy (non-hydrogen) atoms. The monoisotopic (exact) mass is 300 g/mol. The minimum atomic E-state index is 0. The highest BCUT2D eigenvalue weighted by Gasteiger charge is 2.33. The summed E-state index contributed by atoms with van der Waals surface area (Å²) in [6.07, 6.45) is 5.30. The Morgan fingerprint density at radius 2 is 2.05 bits per heavy atom. The third-order valence-electron chi connectivity index (χ3n) is 3.97. The van der Waals surface area contributed by atoms with Gasteiger partial charge in [-0.1, -0.05) is 0 Å². The second kappa shape index (κ2) is 6.25. The normalized spacial score (nSPS) is 28.8. The molecule has 2 atom stereocenters. The molecule has 2 N–H and O–H groups in total. The number of carbonyl (C=O) groups excluding carboxylic acids is 1. The minimum absolute atomic E-state index is 0. The van der Waals surface area contributed by atoms with Crippen molar-refractivity contribution in [2.24, 2.45) is 0 Å².